The molecule has 5 N–H and O–H groups in total. The molecule has 2 aromatic rings. The summed E-state index contributed by atoms with van der Waals surface area (Å²) in [4.78, 5) is 14.4. The fraction of sp³-hybridized carbons (Fsp3) is 0.200. The van der Waals surface area contributed by atoms with Crippen LogP contribution in [0.5, 0.6) is 5.88 Å². The molecule has 2 rings (SSSR count). The molecule has 2 atom stereocenters. The summed E-state index contributed by atoms with van der Waals surface area (Å²) in [5.41, 5.74) is -0.351. The van der Waals surface area contributed by atoms with Gasteiger partial charge >= 0.3 is 0 Å². The number of aliphatic hydroxyl groups excluding tert-OH is 3. The SMILES string of the molecule is O=c1[nH]c(=S)n(-c2ccc(Cl)cc2)c(O)c1C=C[C@H](O)[C@H](O)CO. The minimum absolute atomic E-state index is 0.0205. The van der Waals surface area contributed by atoms with Crippen LogP contribution in [0.4, 0.5) is 0 Å². The van der Waals surface area contributed by atoms with Crippen LogP contribution < -0.4 is 5.56 Å². The third-order valence-electron chi connectivity index (χ3n) is 3.25. The van der Waals surface area contributed by atoms with Crippen molar-refractivity contribution in [3.8, 4) is 11.6 Å². The van der Waals surface area contributed by atoms with Crippen LogP contribution in [-0.2, 0) is 0 Å². The molecule has 9 heteroatoms. The second-order valence-electron chi connectivity index (χ2n) is 4.91. The maximum absolute atomic E-state index is 12.0. The zero-order chi connectivity index (χ0) is 17.9. The number of rotatable bonds is 5. The third-order valence-corrected chi connectivity index (χ3v) is 3.78. The molecule has 0 bridgehead atoms. The topological polar surface area (TPSA) is 119 Å². The van der Waals surface area contributed by atoms with Gasteiger partial charge in [0.05, 0.1) is 12.3 Å². The van der Waals surface area contributed by atoms with E-state index in [0.717, 1.165) is 12.2 Å². The molecule has 0 spiro atoms. The molecule has 128 valence electrons. The lowest BCUT2D eigenvalue weighted by Gasteiger charge is -2.13. The van der Waals surface area contributed by atoms with Crippen LogP contribution in [0.25, 0.3) is 11.8 Å². The first-order valence-corrected chi connectivity index (χ1v) is 7.63. The van der Waals surface area contributed by atoms with Crippen molar-refractivity contribution in [1.82, 2.24) is 9.55 Å². The number of aromatic hydroxyl groups is 1. The van der Waals surface area contributed by atoms with Crippen LogP contribution in [0.3, 0.4) is 0 Å². The number of H-pyrrole nitrogens is 1. The number of nitrogens with zero attached hydrogens (tertiary/aromatic N) is 1. The van der Waals surface area contributed by atoms with Crippen LogP contribution in [-0.4, -0.2) is 48.8 Å². The second-order valence-corrected chi connectivity index (χ2v) is 5.73. The Morgan fingerprint density at radius 2 is 1.92 bits per heavy atom. The molecule has 0 fully saturated rings. The van der Waals surface area contributed by atoms with Crippen LogP contribution in [0.2, 0.25) is 5.02 Å². The molecule has 24 heavy (non-hydrogen) atoms. The van der Waals surface area contributed by atoms with Gasteiger partial charge in [-0.05, 0) is 42.6 Å². The average molecular weight is 371 g/mol. The third kappa shape index (κ3) is 3.92. The van der Waals surface area contributed by atoms with Gasteiger partial charge in [0.2, 0.25) is 5.88 Å². The molecule has 0 saturated heterocycles. The van der Waals surface area contributed by atoms with Gasteiger partial charge in [-0.2, -0.15) is 0 Å². The molecule has 1 aromatic carbocycles. The zero-order valence-electron chi connectivity index (χ0n) is 12.3. The van der Waals surface area contributed by atoms with E-state index in [-0.39, 0.29) is 10.3 Å². The lowest BCUT2D eigenvalue weighted by atomic mass is 10.1. The lowest BCUT2D eigenvalue weighted by Crippen LogP contribution is -2.27. The minimum Gasteiger partial charge on any atom is -0.494 e. The highest BCUT2D eigenvalue weighted by Crippen LogP contribution is 2.22. The summed E-state index contributed by atoms with van der Waals surface area (Å²) in [7, 11) is 0. The van der Waals surface area contributed by atoms with E-state index in [2.05, 4.69) is 4.98 Å². The van der Waals surface area contributed by atoms with Gasteiger partial charge < -0.3 is 20.4 Å². The molecule has 7 nitrogen and oxygen atoms in total. The quantitative estimate of drug-likeness (QED) is 0.501. The van der Waals surface area contributed by atoms with E-state index >= 15 is 0 Å². The Kier molecular flexibility index (Phi) is 5.92. The summed E-state index contributed by atoms with van der Waals surface area (Å²) < 4.78 is 1.20. The second kappa shape index (κ2) is 7.73. The standard InChI is InChI=1S/C15H15ClN2O5S/c16-8-1-3-9(4-2-8)18-14(23)10(13(22)17-15(18)24)5-6-11(20)12(21)7-19/h1-6,11-12,19-21,23H,7H2,(H,17,22,24)/t11-,12+/m0/s1. The van der Waals surface area contributed by atoms with E-state index in [4.69, 9.17) is 28.9 Å². The van der Waals surface area contributed by atoms with Gasteiger partial charge in [0, 0.05) is 5.02 Å². The van der Waals surface area contributed by atoms with E-state index in [1.54, 1.807) is 24.3 Å². The first kappa shape index (κ1) is 18.4. The molecule has 1 aromatic heterocycles. The van der Waals surface area contributed by atoms with Crippen LogP contribution >= 0.6 is 23.8 Å². The van der Waals surface area contributed by atoms with Crippen LogP contribution in [0.15, 0.2) is 35.1 Å². The van der Waals surface area contributed by atoms with Crippen molar-refractivity contribution in [3.63, 3.8) is 0 Å². The monoisotopic (exact) mass is 370 g/mol. The van der Waals surface area contributed by atoms with E-state index in [1.807, 2.05) is 0 Å². The normalized spacial score (nSPS) is 14.0. The summed E-state index contributed by atoms with van der Waals surface area (Å²) in [6, 6.07) is 6.40. The van der Waals surface area contributed by atoms with E-state index in [0.29, 0.717) is 10.7 Å². The fourth-order valence-electron chi connectivity index (χ4n) is 1.95. The molecular formula is C15H15ClN2O5S. The Morgan fingerprint density at radius 3 is 2.50 bits per heavy atom. The van der Waals surface area contributed by atoms with Gasteiger partial charge in [0.1, 0.15) is 17.8 Å². The number of benzene rings is 1. The maximum Gasteiger partial charge on any atom is 0.262 e. The first-order chi connectivity index (χ1) is 11.3. The smallest absolute Gasteiger partial charge is 0.262 e. The summed E-state index contributed by atoms with van der Waals surface area (Å²) in [6.07, 6.45) is -0.579. The molecular weight excluding hydrogens is 356 g/mol. The van der Waals surface area contributed by atoms with Gasteiger partial charge in [-0.25, -0.2) is 0 Å². The van der Waals surface area contributed by atoms with Gasteiger partial charge in [-0.3, -0.25) is 14.3 Å². The van der Waals surface area contributed by atoms with Gasteiger partial charge in [0.25, 0.3) is 5.56 Å². The summed E-state index contributed by atoms with van der Waals surface area (Å²) in [5, 5.41) is 38.6. The summed E-state index contributed by atoms with van der Waals surface area (Å²) in [5.74, 6) is -0.437. The zero-order valence-corrected chi connectivity index (χ0v) is 13.8. The highest BCUT2D eigenvalue weighted by Gasteiger charge is 2.15. The Bertz CT molecular complexity index is 860. The first-order valence-electron chi connectivity index (χ1n) is 6.84. The fourth-order valence-corrected chi connectivity index (χ4v) is 2.36. The maximum atomic E-state index is 12.0. The average Bonchev–Trinajstić information content (AvgIpc) is 2.55. The summed E-state index contributed by atoms with van der Waals surface area (Å²) in [6.45, 7) is -0.649. The van der Waals surface area contributed by atoms with Crippen molar-refractivity contribution < 1.29 is 20.4 Å². The Labute approximate surface area is 146 Å². The molecule has 0 radical (unpaired) electrons. The molecule has 1 heterocycles. The molecule has 0 aliphatic carbocycles. The number of aromatic nitrogens is 2. The van der Waals surface area contributed by atoms with Crippen molar-refractivity contribution in [2.75, 3.05) is 6.61 Å². The largest absolute Gasteiger partial charge is 0.494 e. The van der Waals surface area contributed by atoms with Gasteiger partial charge in [-0.15, -0.1) is 0 Å². The molecule has 0 unspecified atom stereocenters. The summed E-state index contributed by atoms with van der Waals surface area (Å²) >= 11 is 10.9. The van der Waals surface area contributed by atoms with Crippen LogP contribution in [0.1, 0.15) is 5.56 Å². The predicted molar refractivity (Wildman–Crippen MR) is 92.0 cm³/mol. The number of halogens is 1. The van der Waals surface area contributed by atoms with Crippen molar-refractivity contribution in [2.24, 2.45) is 0 Å². The van der Waals surface area contributed by atoms with Crippen molar-refractivity contribution in [1.29, 1.82) is 0 Å². The molecule has 0 aliphatic rings. The Morgan fingerprint density at radius 1 is 1.29 bits per heavy atom. The Hall–Kier alpha value is -1.97. The number of aromatic amines is 1. The van der Waals surface area contributed by atoms with Crippen molar-refractivity contribution in [2.45, 2.75) is 12.2 Å². The lowest BCUT2D eigenvalue weighted by molar-refractivity contribution is 0.00982. The number of aliphatic hydroxyl groups is 3. The van der Waals surface area contributed by atoms with E-state index < -0.39 is 30.3 Å². The van der Waals surface area contributed by atoms with Gasteiger partial charge in [0.15, 0.2) is 4.77 Å². The number of hydrogen-bond donors (Lipinski definition) is 5. The van der Waals surface area contributed by atoms with Crippen molar-refractivity contribution in [3.05, 3.63) is 56.1 Å². The minimum atomic E-state index is -1.40. The van der Waals surface area contributed by atoms with Gasteiger partial charge in [-0.1, -0.05) is 17.7 Å². The van der Waals surface area contributed by atoms with Crippen LogP contribution in [0, 0.1) is 4.77 Å². The van der Waals surface area contributed by atoms with E-state index in [9.17, 15) is 20.1 Å². The number of nitrogens with one attached hydrogen (secondary N) is 1. The van der Waals surface area contributed by atoms with Crippen molar-refractivity contribution >= 4 is 29.9 Å². The number of hydrogen-bond acceptors (Lipinski definition) is 6. The molecule has 0 saturated carbocycles. The highest BCUT2D eigenvalue weighted by molar-refractivity contribution is 7.71. The highest BCUT2D eigenvalue weighted by atomic mass is 35.5. The molecule has 0 aliphatic heterocycles. The van der Waals surface area contributed by atoms with E-state index in [1.165, 1.54) is 4.57 Å². The molecule has 0 amide bonds. The Balaban J connectivity index is 2.53. The predicted octanol–water partition coefficient (Wildman–Crippen LogP) is 0.981.